The molecule has 0 aromatic heterocycles. The summed E-state index contributed by atoms with van der Waals surface area (Å²) in [5, 5.41) is 6.04. The molecule has 0 bridgehead atoms. The van der Waals surface area contributed by atoms with Gasteiger partial charge < -0.3 is 29.7 Å². The van der Waals surface area contributed by atoms with Gasteiger partial charge in [-0.2, -0.15) is 0 Å². The molecule has 9 heteroatoms. The number of anilines is 1. The highest BCUT2D eigenvalue weighted by Gasteiger charge is 2.35. The number of carbonyl (C=O) groups is 2. The van der Waals surface area contributed by atoms with Gasteiger partial charge in [-0.3, -0.25) is 9.59 Å². The van der Waals surface area contributed by atoms with Crippen LogP contribution in [0.15, 0.2) is 18.2 Å². The van der Waals surface area contributed by atoms with Crippen molar-refractivity contribution in [2.24, 2.45) is 5.92 Å². The fourth-order valence-corrected chi connectivity index (χ4v) is 3.05. The predicted octanol–water partition coefficient (Wildman–Crippen LogP) is 0.585. The van der Waals surface area contributed by atoms with Crippen molar-refractivity contribution < 1.29 is 23.8 Å². The monoisotopic (exact) mass is 399 g/mol. The first-order valence-electron chi connectivity index (χ1n) is 8.86. The molecular formula is C18H26ClN3O5. The number of benzene rings is 1. The first-order valence-corrected chi connectivity index (χ1v) is 8.86. The molecule has 150 valence electrons. The molecule has 0 radical (unpaired) electrons. The number of carbonyl (C=O) groups excluding carboxylic acids is 2. The number of amides is 2. The summed E-state index contributed by atoms with van der Waals surface area (Å²) < 4.78 is 16.0. The molecule has 1 aromatic carbocycles. The Morgan fingerprint density at radius 1 is 1.22 bits per heavy atom. The van der Waals surface area contributed by atoms with Crippen LogP contribution >= 0.6 is 12.4 Å². The van der Waals surface area contributed by atoms with Gasteiger partial charge in [0.2, 0.25) is 11.8 Å². The number of hydrogen-bond donors (Lipinski definition) is 2. The SMILES string of the molecule is COCCNCCNC(=O)C1CC(=O)N(c2ccc3c(c2)OCCO3)C1.Cl. The summed E-state index contributed by atoms with van der Waals surface area (Å²) in [7, 11) is 1.65. The molecule has 0 aliphatic carbocycles. The lowest BCUT2D eigenvalue weighted by atomic mass is 10.1. The number of halogens is 1. The van der Waals surface area contributed by atoms with Gasteiger partial charge in [-0.15, -0.1) is 12.4 Å². The average Bonchev–Trinajstić information content (AvgIpc) is 3.06. The largest absolute Gasteiger partial charge is 0.486 e. The second-order valence-corrected chi connectivity index (χ2v) is 6.27. The second kappa shape index (κ2) is 10.3. The van der Waals surface area contributed by atoms with E-state index >= 15 is 0 Å². The van der Waals surface area contributed by atoms with Gasteiger partial charge in [0, 0.05) is 51.5 Å². The van der Waals surface area contributed by atoms with E-state index in [1.54, 1.807) is 24.1 Å². The molecule has 0 saturated carbocycles. The van der Waals surface area contributed by atoms with Crippen LogP contribution in [-0.2, 0) is 14.3 Å². The van der Waals surface area contributed by atoms with Gasteiger partial charge in [-0.25, -0.2) is 0 Å². The summed E-state index contributed by atoms with van der Waals surface area (Å²) in [5.74, 6) is 0.833. The topological polar surface area (TPSA) is 89.1 Å². The zero-order valence-electron chi connectivity index (χ0n) is 15.4. The molecule has 2 amide bonds. The van der Waals surface area contributed by atoms with Crippen molar-refractivity contribution in [2.45, 2.75) is 6.42 Å². The van der Waals surface area contributed by atoms with E-state index in [0.29, 0.717) is 51.0 Å². The molecule has 8 nitrogen and oxygen atoms in total. The van der Waals surface area contributed by atoms with Crippen LogP contribution in [-0.4, -0.2) is 64.9 Å². The Morgan fingerprint density at radius 3 is 2.78 bits per heavy atom. The van der Waals surface area contributed by atoms with Crippen molar-refractivity contribution in [1.29, 1.82) is 0 Å². The molecule has 0 spiro atoms. The Kier molecular flexibility index (Phi) is 8.15. The number of nitrogens with one attached hydrogen (secondary N) is 2. The zero-order chi connectivity index (χ0) is 18.4. The van der Waals surface area contributed by atoms with Crippen LogP contribution in [0.3, 0.4) is 0 Å². The van der Waals surface area contributed by atoms with Crippen molar-refractivity contribution in [3.8, 4) is 11.5 Å². The molecule has 27 heavy (non-hydrogen) atoms. The highest BCUT2D eigenvalue weighted by molar-refractivity contribution is 6.00. The summed E-state index contributed by atoms with van der Waals surface area (Å²) in [6, 6.07) is 5.42. The lowest BCUT2D eigenvalue weighted by Gasteiger charge is -2.22. The second-order valence-electron chi connectivity index (χ2n) is 6.27. The van der Waals surface area contributed by atoms with Gasteiger partial charge >= 0.3 is 0 Å². The van der Waals surface area contributed by atoms with Crippen molar-refractivity contribution in [3.05, 3.63) is 18.2 Å². The Balaban J connectivity index is 0.00000261. The highest BCUT2D eigenvalue weighted by atomic mass is 35.5. The zero-order valence-corrected chi connectivity index (χ0v) is 16.2. The Morgan fingerprint density at radius 2 is 2.00 bits per heavy atom. The normalized spacial score (nSPS) is 18.2. The molecule has 2 N–H and O–H groups in total. The van der Waals surface area contributed by atoms with Crippen LogP contribution in [0.2, 0.25) is 0 Å². The summed E-state index contributed by atoms with van der Waals surface area (Å²) in [4.78, 5) is 26.3. The number of fused-ring (bicyclic) bond motifs is 1. The summed E-state index contributed by atoms with van der Waals surface area (Å²) in [5.41, 5.74) is 0.732. The van der Waals surface area contributed by atoms with Gasteiger partial charge in [0.1, 0.15) is 13.2 Å². The molecule has 2 aliphatic rings. The Labute approximate surface area is 164 Å². The molecule has 1 atom stereocenters. The number of rotatable bonds is 8. The number of hydrogen-bond acceptors (Lipinski definition) is 6. The van der Waals surface area contributed by atoms with Gasteiger partial charge in [0.05, 0.1) is 12.5 Å². The van der Waals surface area contributed by atoms with E-state index in [0.717, 1.165) is 12.2 Å². The molecule has 2 heterocycles. The van der Waals surface area contributed by atoms with Gasteiger partial charge in [-0.1, -0.05) is 0 Å². The van der Waals surface area contributed by atoms with Gasteiger partial charge in [0.15, 0.2) is 11.5 Å². The van der Waals surface area contributed by atoms with Crippen LogP contribution in [0.25, 0.3) is 0 Å². The van der Waals surface area contributed by atoms with E-state index in [1.165, 1.54) is 0 Å². The summed E-state index contributed by atoms with van der Waals surface area (Å²) in [6.45, 7) is 3.97. The minimum atomic E-state index is -0.338. The number of methoxy groups -OCH3 is 1. The van der Waals surface area contributed by atoms with E-state index in [2.05, 4.69) is 10.6 Å². The smallest absolute Gasteiger partial charge is 0.227 e. The van der Waals surface area contributed by atoms with Crippen LogP contribution in [0.1, 0.15) is 6.42 Å². The molecule has 1 saturated heterocycles. The third-order valence-electron chi connectivity index (χ3n) is 4.42. The third-order valence-corrected chi connectivity index (χ3v) is 4.42. The maximum atomic E-state index is 12.4. The molecular weight excluding hydrogens is 374 g/mol. The molecule has 1 unspecified atom stereocenters. The fraction of sp³-hybridized carbons (Fsp3) is 0.556. The minimum absolute atomic E-state index is 0. The maximum Gasteiger partial charge on any atom is 0.227 e. The van der Waals surface area contributed by atoms with Gasteiger partial charge in [0.25, 0.3) is 0 Å². The van der Waals surface area contributed by atoms with E-state index in [4.69, 9.17) is 14.2 Å². The number of ether oxygens (including phenoxy) is 3. The Hall–Kier alpha value is -2.03. The Bertz CT molecular complexity index is 658. The molecule has 1 fully saturated rings. The summed E-state index contributed by atoms with van der Waals surface area (Å²) >= 11 is 0. The van der Waals surface area contributed by atoms with E-state index in [-0.39, 0.29) is 36.6 Å². The summed E-state index contributed by atoms with van der Waals surface area (Å²) in [6.07, 6.45) is 0.220. The van der Waals surface area contributed by atoms with Crippen molar-refractivity contribution in [1.82, 2.24) is 10.6 Å². The van der Waals surface area contributed by atoms with Crippen molar-refractivity contribution in [2.75, 3.05) is 58.0 Å². The van der Waals surface area contributed by atoms with Gasteiger partial charge in [-0.05, 0) is 12.1 Å². The van der Waals surface area contributed by atoms with Crippen molar-refractivity contribution >= 4 is 29.9 Å². The average molecular weight is 400 g/mol. The van der Waals surface area contributed by atoms with E-state index in [1.807, 2.05) is 6.07 Å². The molecule has 1 aromatic rings. The predicted molar refractivity (Wildman–Crippen MR) is 103 cm³/mol. The first kappa shape index (κ1) is 21.3. The maximum absolute atomic E-state index is 12.4. The third kappa shape index (κ3) is 5.47. The van der Waals surface area contributed by atoms with Crippen LogP contribution in [0.4, 0.5) is 5.69 Å². The molecule has 3 rings (SSSR count). The lowest BCUT2D eigenvalue weighted by molar-refractivity contribution is -0.126. The van der Waals surface area contributed by atoms with E-state index in [9.17, 15) is 9.59 Å². The fourth-order valence-electron chi connectivity index (χ4n) is 3.05. The highest BCUT2D eigenvalue weighted by Crippen LogP contribution is 2.35. The van der Waals surface area contributed by atoms with Crippen molar-refractivity contribution in [3.63, 3.8) is 0 Å². The number of nitrogens with zero attached hydrogens (tertiary/aromatic N) is 1. The van der Waals surface area contributed by atoms with Crippen LogP contribution in [0, 0.1) is 5.92 Å². The molecule has 2 aliphatic heterocycles. The first-order chi connectivity index (χ1) is 12.7. The van der Waals surface area contributed by atoms with Crippen LogP contribution in [0.5, 0.6) is 11.5 Å². The lowest BCUT2D eigenvalue weighted by Crippen LogP contribution is -2.37. The quantitative estimate of drug-likeness (QED) is 0.622. The van der Waals surface area contributed by atoms with E-state index < -0.39 is 0 Å². The minimum Gasteiger partial charge on any atom is -0.486 e. The standard InChI is InChI=1S/C18H25N3O5.ClH/c1-24-7-6-19-4-5-20-18(23)13-10-17(22)21(12-13)14-2-3-15-16(11-14)26-9-8-25-15;/h2-3,11,13,19H,4-10,12H2,1H3,(H,20,23);1H. The van der Waals surface area contributed by atoms with Crippen LogP contribution < -0.4 is 25.0 Å².